The largest absolute Gasteiger partial charge is 0.508 e. The van der Waals surface area contributed by atoms with E-state index in [1.165, 1.54) is 11.1 Å². The van der Waals surface area contributed by atoms with Gasteiger partial charge in [0.25, 0.3) is 0 Å². The molecule has 0 bridgehead atoms. The minimum Gasteiger partial charge on any atom is -0.508 e. The highest BCUT2D eigenvalue weighted by Crippen LogP contribution is 2.20. The summed E-state index contributed by atoms with van der Waals surface area (Å²) in [5, 5.41) is 9.60. The normalized spacial score (nSPS) is 17.6. The number of morpholine rings is 1. The van der Waals surface area contributed by atoms with Crippen LogP contribution < -0.4 is 4.90 Å². The molecule has 2 N–H and O–H groups in total. The smallest absolute Gasteiger partial charge is 0.118 e. The molecule has 1 fully saturated rings. The summed E-state index contributed by atoms with van der Waals surface area (Å²) in [4.78, 5) is 1.57. The third kappa shape index (κ3) is 2.54. The maximum Gasteiger partial charge on any atom is 0.118 e. The maximum absolute atomic E-state index is 9.60. The van der Waals surface area contributed by atoms with Crippen molar-refractivity contribution in [2.45, 2.75) is 20.4 Å². The number of hydrogen-bond donors (Lipinski definition) is 2. The van der Waals surface area contributed by atoms with Crippen molar-refractivity contribution < 1.29 is 14.7 Å². The lowest BCUT2D eigenvalue weighted by molar-refractivity contribution is -0.921. The van der Waals surface area contributed by atoms with Crippen molar-refractivity contribution in [2.75, 3.05) is 26.3 Å². The molecule has 0 aromatic heterocycles. The van der Waals surface area contributed by atoms with Crippen LogP contribution in [-0.2, 0) is 11.3 Å². The summed E-state index contributed by atoms with van der Waals surface area (Å²) >= 11 is 0. The van der Waals surface area contributed by atoms with E-state index in [0.717, 1.165) is 38.4 Å². The van der Waals surface area contributed by atoms with Gasteiger partial charge in [-0.1, -0.05) is 0 Å². The Kier molecular flexibility index (Phi) is 3.46. The third-order valence-corrected chi connectivity index (χ3v) is 3.29. The Morgan fingerprint density at radius 2 is 1.88 bits per heavy atom. The van der Waals surface area contributed by atoms with Crippen molar-refractivity contribution in [3.8, 4) is 5.75 Å². The van der Waals surface area contributed by atoms with Gasteiger partial charge < -0.3 is 14.7 Å². The van der Waals surface area contributed by atoms with Crippen LogP contribution in [0, 0.1) is 13.8 Å². The van der Waals surface area contributed by atoms with Crippen LogP contribution in [0.5, 0.6) is 5.75 Å². The SMILES string of the molecule is Cc1cc(C[NH+]2CCOCC2)c(C)cc1O. The minimum atomic E-state index is 0.401. The van der Waals surface area contributed by atoms with Crippen molar-refractivity contribution >= 4 is 0 Å². The van der Waals surface area contributed by atoms with E-state index in [1.54, 1.807) is 4.90 Å². The molecule has 1 aliphatic heterocycles. The molecule has 2 rings (SSSR count). The first kappa shape index (κ1) is 11.4. The van der Waals surface area contributed by atoms with Crippen molar-refractivity contribution in [3.63, 3.8) is 0 Å². The predicted molar refractivity (Wildman–Crippen MR) is 62.8 cm³/mol. The number of nitrogens with one attached hydrogen (secondary N) is 1. The van der Waals surface area contributed by atoms with Crippen LogP contribution in [0.25, 0.3) is 0 Å². The van der Waals surface area contributed by atoms with Gasteiger partial charge in [0.2, 0.25) is 0 Å². The Morgan fingerprint density at radius 3 is 2.56 bits per heavy atom. The molecule has 1 aromatic carbocycles. The molecule has 3 nitrogen and oxygen atoms in total. The molecule has 3 heteroatoms. The fourth-order valence-electron chi connectivity index (χ4n) is 2.16. The molecule has 0 aliphatic carbocycles. The number of benzene rings is 1. The zero-order valence-corrected chi connectivity index (χ0v) is 10.0. The summed E-state index contributed by atoms with van der Waals surface area (Å²) < 4.78 is 5.35. The summed E-state index contributed by atoms with van der Waals surface area (Å²) in [5.41, 5.74) is 3.49. The maximum atomic E-state index is 9.60. The molecule has 0 spiro atoms. The van der Waals surface area contributed by atoms with Gasteiger partial charge in [-0.25, -0.2) is 0 Å². The van der Waals surface area contributed by atoms with Gasteiger partial charge in [-0.15, -0.1) is 0 Å². The van der Waals surface area contributed by atoms with Crippen LogP contribution in [0.4, 0.5) is 0 Å². The van der Waals surface area contributed by atoms with Gasteiger partial charge in [0.1, 0.15) is 25.4 Å². The molecular weight excluding hydrogens is 202 g/mol. The van der Waals surface area contributed by atoms with E-state index in [0.29, 0.717) is 5.75 Å². The molecule has 88 valence electrons. The van der Waals surface area contributed by atoms with Crippen molar-refractivity contribution in [2.24, 2.45) is 0 Å². The topological polar surface area (TPSA) is 33.9 Å². The van der Waals surface area contributed by atoms with Gasteiger partial charge >= 0.3 is 0 Å². The Morgan fingerprint density at radius 1 is 1.19 bits per heavy atom. The molecule has 0 saturated carbocycles. The summed E-state index contributed by atoms with van der Waals surface area (Å²) in [6, 6.07) is 3.97. The van der Waals surface area contributed by atoms with Crippen LogP contribution >= 0.6 is 0 Å². The monoisotopic (exact) mass is 222 g/mol. The molecule has 16 heavy (non-hydrogen) atoms. The Hall–Kier alpha value is -1.06. The molecule has 0 atom stereocenters. The number of rotatable bonds is 2. The van der Waals surface area contributed by atoms with E-state index in [4.69, 9.17) is 4.74 Å². The molecule has 0 unspecified atom stereocenters. The second-order valence-electron chi connectivity index (χ2n) is 4.60. The second kappa shape index (κ2) is 4.85. The molecule has 1 aromatic rings. The number of hydrogen-bond acceptors (Lipinski definition) is 2. The molecule has 1 heterocycles. The van der Waals surface area contributed by atoms with Gasteiger partial charge in [0, 0.05) is 5.56 Å². The van der Waals surface area contributed by atoms with Crippen molar-refractivity contribution in [1.29, 1.82) is 0 Å². The lowest BCUT2D eigenvalue weighted by Gasteiger charge is -2.24. The minimum absolute atomic E-state index is 0.401. The summed E-state index contributed by atoms with van der Waals surface area (Å²) in [6.07, 6.45) is 0. The Labute approximate surface area is 96.6 Å². The first-order valence-electron chi connectivity index (χ1n) is 5.87. The lowest BCUT2D eigenvalue weighted by Crippen LogP contribution is -3.12. The van der Waals surface area contributed by atoms with Crippen LogP contribution in [0.15, 0.2) is 12.1 Å². The zero-order chi connectivity index (χ0) is 11.5. The predicted octanol–water partition coefficient (Wildman–Crippen LogP) is 0.424. The molecule has 1 aliphatic rings. The number of quaternary nitrogens is 1. The van der Waals surface area contributed by atoms with Crippen LogP contribution in [0.2, 0.25) is 0 Å². The van der Waals surface area contributed by atoms with Crippen molar-refractivity contribution in [1.82, 2.24) is 0 Å². The van der Waals surface area contributed by atoms with Crippen LogP contribution in [0.1, 0.15) is 16.7 Å². The highest BCUT2D eigenvalue weighted by molar-refractivity contribution is 5.40. The Balaban J connectivity index is 2.11. The number of aryl methyl sites for hydroxylation is 2. The van der Waals surface area contributed by atoms with Gasteiger partial charge in [-0.05, 0) is 37.1 Å². The first-order chi connectivity index (χ1) is 7.66. The number of aromatic hydroxyl groups is 1. The van der Waals surface area contributed by atoms with Crippen LogP contribution in [0.3, 0.4) is 0 Å². The zero-order valence-electron chi connectivity index (χ0n) is 10.0. The van der Waals surface area contributed by atoms with E-state index in [-0.39, 0.29) is 0 Å². The summed E-state index contributed by atoms with van der Waals surface area (Å²) in [7, 11) is 0. The highest BCUT2D eigenvalue weighted by Gasteiger charge is 2.15. The number of ether oxygens (including phenoxy) is 1. The van der Waals surface area contributed by atoms with Gasteiger partial charge in [-0.2, -0.15) is 0 Å². The fourth-order valence-corrected chi connectivity index (χ4v) is 2.16. The standard InChI is InChI=1S/C13H19NO2/c1-10-8-13(15)11(2)7-12(10)9-14-3-5-16-6-4-14/h7-8,15H,3-6,9H2,1-2H3/p+1. The quantitative estimate of drug-likeness (QED) is 0.760. The van der Waals surface area contributed by atoms with E-state index in [2.05, 4.69) is 13.0 Å². The average Bonchev–Trinajstić information content (AvgIpc) is 2.27. The molecule has 0 radical (unpaired) electrons. The fraction of sp³-hybridized carbons (Fsp3) is 0.538. The number of phenols is 1. The highest BCUT2D eigenvalue weighted by atomic mass is 16.5. The van der Waals surface area contributed by atoms with Crippen molar-refractivity contribution in [3.05, 3.63) is 28.8 Å². The van der Waals surface area contributed by atoms with Gasteiger partial charge in [-0.3, -0.25) is 0 Å². The van der Waals surface area contributed by atoms with Gasteiger partial charge in [0.15, 0.2) is 0 Å². The second-order valence-corrected chi connectivity index (χ2v) is 4.60. The van der Waals surface area contributed by atoms with Crippen LogP contribution in [-0.4, -0.2) is 31.4 Å². The number of phenolic OH excluding ortho intramolecular Hbond substituents is 1. The lowest BCUT2D eigenvalue weighted by atomic mass is 10.0. The first-order valence-corrected chi connectivity index (χ1v) is 5.87. The van der Waals surface area contributed by atoms with E-state index in [9.17, 15) is 5.11 Å². The van der Waals surface area contributed by atoms with E-state index in [1.807, 2.05) is 13.0 Å². The Bertz CT molecular complexity index is 370. The van der Waals surface area contributed by atoms with Gasteiger partial charge in [0.05, 0.1) is 13.2 Å². The molecule has 1 saturated heterocycles. The van der Waals surface area contributed by atoms with E-state index < -0.39 is 0 Å². The molecule has 0 amide bonds. The summed E-state index contributed by atoms with van der Waals surface area (Å²) in [6.45, 7) is 8.95. The van der Waals surface area contributed by atoms with E-state index >= 15 is 0 Å². The molecular formula is C13H20NO2+. The third-order valence-electron chi connectivity index (χ3n) is 3.29. The summed E-state index contributed by atoms with van der Waals surface area (Å²) in [5.74, 6) is 0.401. The average molecular weight is 222 g/mol.